The molecule has 1 amide bonds. The molecule has 1 aromatic carbocycles. The molecule has 0 aliphatic carbocycles. The van der Waals surface area contributed by atoms with Gasteiger partial charge in [0.1, 0.15) is 5.78 Å². The third-order valence-electron chi connectivity index (χ3n) is 4.22. The van der Waals surface area contributed by atoms with E-state index in [1.807, 2.05) is 56.3 Å². The van der Waals surface area contributed by atoms with Crippen molar-refractivity contribution in [3.05, 3.63) is 51.7 Å². The summed E-state index contributed by atoms with van der Waals surface area (Å²) in [5, 5.41) is 2.83. The molecular weight excluding hydrogens is 360 g/mol. The van der Waals surface area contributed by atoms with Crippen LogP contribution in [0.15, 0.2) is 36.4 Å². The molecule has 2 rings (SSSR count). The first-order valence-corrected chi connectivity index (χ1v) is 9.81. The topological polar surface area (TPSA) is 66.5 Å². The van der Waals surface area contributed by atoms with Crippen molar-refractivity contribution >= 4 is 34.5 Å². The van der Waals surface area contributed by atoms with Gasteiger partial charge in [0.2, 0.25) is 5.91 Å². The number of rotatable bonds is 10. The van der Waals surface area contributed by atoms with Crippen LogP contribution < -0.4 is 10.2 Å². The van der Waals surface area contributed by atoms with Gasteiger partial charge >= 0.3 is 0 Å². The van der Waals surface area contributed by atoms with Gasteiger partial charge < -0.3 is 10.2 Å². The number of nitrogens with zero attached hydrogens (tertiary/aromatic N) is 1. The molecule has 0 aliphatic rings. The highest BCUT2D eigenvalue weighted by Crippen LogP contribution is 2.18. The number of thiophene rings is 1. The Balaban J connectivity index is 1.65. The van der Waals surface area contributed by atoms with E-state index in [0.717, 1.165) is 16.1 Å². The Morgan fingerprint density at radius 3 is 2.19 bits per heavy atom. The molecule has 0 radical (unpaired) electrons. The fraction of sp³-hybridized carbons (Fsp3) is 0.381. The van der Waals surface area contributed by atoms with Crippen molar-refractivity contribution in [2.24, 2.45) is 0 Å². The molecule has 6 heteroatoms. The Kier molecular flexibility index (Phi) is 7.73. The van der Waals surface area contributed by atoms with Crippen molar-refractivity contribution in [2.45, 2.75) is 39.2 Å². The standard InChI is InChI=1S/C21H26N2O3S/c1-15-4-12-20(27-15)19(25)11-9-18(24)10-13-21(26)22-14-16-5-7-17(8-6-16)23(2)3/h4-8,12H,9-11,13-14H2,1-3H3,(H,22,26). The van der Waals surface area contributed by atoms with Crippen LogP contribution in [-0.4, -0.2) is 31.6 Å². The van der Waals surface area contributed by atoms with Crippen LogP contribution in [0.5, 0.6) is 0 Å². The molecular formula is C21H26N2O3S. The smallest absolute Gasteiger partial charge is 0.220 e. The summed E-state index contributed by atoms with van der Waals surface area (Å²) in [7, 11) is 3.95. The first-order chi connectivity index (χ1) is 12.8. The van der Waals surface area contributed by atoms with Gasteiger partial charge in [-0.05, 0) is 36.8 Å². The van der Waals surface area contributed by atoms with Gasteiger partial charge in [-0.25, -0.2) is 0 Å². The highest BCUT2D eigenvalue weighted by molar-refractivity contribution is 7.14. The highest BCUT2D eigenvalue weighted by atomic mass is 32.1. The lowest BCUT2D eigenvalue weighted by atomic mass is 10.1. The summed E-state index contributed by atoms with van der Waals surface area (Å²) >= 11 is 1.44. The molecule has 0 aliphatic heterocycles. The molecule has 2 aromatic rings. The zero-order valence-corrected chi connectivity index (χ0v) is 16.9. The van der Waals surface area contributed by atoms with Gasteiger partial charge in [0.15, 0.2) is 5.78 Å². The number of anilines is 1. The van der Waals surface area contributed by atoms with E-state index in [4.69, 9.17) is 0 Å². The van der Waals surface area contributed by atoms with Crippen LogP contribution in [0.3, 0.4) is 0 Å². The van der Waals surface area contributed by atoms with Crippen molar-refractivity contribution in [1.29, 1.82) is 0 Å². The second kappa shape index (κ2) is 10.0. The van der Waals surface area contributed by atoms with Gasteiger partial charge in [-0.3, -0.25) is 14.4 Å². The van der Waals surface area contributed by atoms with Crippen LogP contribution >= 0.6 is 11.3 Å². The van der Waals surface area contributed by atoms with Gasteiger partial charge in [-0.2, -0.15) is 0 Å². The van der Waals surface area contributed by atoms with Gasteiger partial charge in [0.25, 0.3) is 0 Å². The van der Waals surface area contributed by atoms with E-state index in [0.29, 0.717) is 11.4 Å². The van der Waals surface area contributed by atoms with E-state index >= 15 is 0 Å². The monoisotopic (exact) mass is 386 g/mol. The molecule has 0 saturated carbocycles. The fourth-order valence-corrected chi connectivity index (χ4v) is 3.37. The zero-order valence-electron chi connectivity index (χ0n) is 16.1. The van der Waals surface area contributed by atoms with Crippen LogP contribution in [-0.2, 0) is 16.1 Å². The first kappa shape index (κ1) is 20.8. The number of aryl methyl sites for hydroxylation is 1. The largest absolute Gasteiger partial charge is 0.378 e. The molecule has 0 spiro atoms. The summed E-state index contributed by atoms with van der Waals surface area (Å²) in [4.78, 5) is 39.6. The fourth-order valence-electron chi connectivity index (χ4n) is 2.54. The summed E-state index contributed by atoms with van der Waals surface area (Å²) in [6, 6.07) is 11.6. The molecule has 0 unspecified atom stereocenters. The van der Waals surface area contributed by atoms with Gasteiger partial charge in [0, 0.05) is 56.9 Å². The lowest BCUT2D eigenvalue weighted by Gasteiger charge is -2.12. The van der Waals surface area contributed by atoms with E-state index < -0.39 is 0 Å². The zero-order chi connectivity index (χ0) is 19.8. The lowest BCUT2D eigenvalue weighted by molar-refractivity contribution is -0.125. The maximum atomic E-state index is 12.0. The predicted molar refractivity (Wildman–Crippen MR) is 109 cm³/mol. The Morgan fingerprint density at radius 1 is 0.926 bits per heavy atom. The average Bonchev–Trinajstić information content (AvgIpc) is 3.09. The minimum atomic E-state index is -0.153. The summed E-state index contributed by atoms with van der Waals surface area (Å²) in [5.74, 6) is -0.213. The first-order valence-electron chi connectivity index (χ1n) is 8.99. The Morgan fingerprint density at radius 2 is 1.59 bits per heavy atom. The maximum Gasteiger partial charge on any atom is 0.220 e. The second-order valence-corrected chi connectivity index (χ2v) is 8.00. The van der Waals surface area contributed by atoms with E-state index in [1.54, 1.807) is 6.07 Å². The van der Waals surface area contributed by atoms with Crippen LogP contribution in [0.4, 0.5) is 5.69 Å². The van der Waals surface area contributed by atoms with Crippen LogP contribution in [0.25, 0.3) is 0 Å². The van der Waals surface area contributed by atoms with Gasteiger partial charge in [-0.1, -0.05) is 12.1 Å². The molecule has 1 heterocycles. The molecule has 0 fully saturated rings. The van der Waals surface area contributed by atoms with Crippen molar-refractivity contribution < 1.29 is 14.4 Å². The van der Waals surface area contributed by atoms with E-state index in [2.05, 4.69) is 5.32 Å². The van der Waals surface area contributed by atoms with Crippen LogP contribution in [0.1, 0.15) is 45.8 Å². The normalized spacial score (nSPS) is 10.5. The quantitative estimate of drug-likeness (QED) is 0.632. The van der Waals surface area contributed by atoms with Gasteiger partial charge in [0.05, 0.1) is 4.88 Å². The molecule has 27 heavy (non-hydrogen) atoms. The number of amides is 1. The number of ketones is 2. The van der Waals surface area contributed by atoms with Crippen LogP contribution in [0.2, 0.25) is 0 Å². The van der Waals surface area contributed by atoms with Crippen molar-refractivity contribution in [3.8, 4) is 0 Å². The predicted octanol–water partition coefficient (Wildman–Crippen LogP) is 3.75. The summed E-state index contributed by atoms with van der Waals surface area (Å²) in [6.07, 6.45) is 0.719. The number of benzene rings is 1. The summed E-state index contributed by atoms with van der Waals surface area (Å²) in [6.45, 7) is 2.39. The molecule has 0 bridgehead atoms. The molecule has 0 atom stereocenters. The number of hydrogen-bond donors (Lipinski definition) is 1. The van der Waals surface area contributed by atoms with E-state index in [9.17, 15) is 14.4 Å². The minimum Gasteiger partial charge on any atom is -0.378 e. The Labute approximate surface area is 164 Å². The molecule has 0 saturated heterocycles. The van der Waals surface area contributed by atoms with Crippen molar-refractivity contribution in [2.75, 3.05) is 19.0 Å². The minimum absolute atomic E-state index is 0.00734. The molecule has 1 aromatic heterocycles. The summed E-state index contributed by atoms with van der Waals surface area (Å²) < 4.78 is 0. The van der Waals surface area contributed by atoms with E-state index in [1.165, 1.54) is 11.3 Å². The molecule has 1 N–H and O–H groups in total. The number of nitrogens with one attached hydrogen (secondary N) is 1. The Hall–Kier alpha value is -2.47. The number of Topliss-reactive ketones (excluding diaryl/α,β-unsaturated/α-hetero) is 2. The average molecular weight is 387 g/mol. The lowest BCUT2D eigenvalue weighted by Crippen LogP contribution is -2.23. The van der Waals surface area contributed by atoms with Crippen molar-refractivity contribution in [3.63, 3.8) is 0 Å². The highest BCUT2D eigenvalue weighted by Gasteiger charge is 2.12. The number of carbonyl (C=O) groups is 3. The van der Waals surface area contributed by atoms with Crippen LogP contribution in [0, 0.1) is 6.92 Å². The summed E-state index contributed by atoms with van der Waals surface area (Å²) in [5.41, 5.74) is 2.11. The second-order valence-electron chi connectivity index (χ2n) is 6.71. The number of carbonyl (C=O) groups excluding carboxylic acids is 3. The Bertz CT molecular complexity index is 794. The van der Waals surface area contributed by atoms with Crippen molar-refractivity contribution in [1.82, 2.24) is 5.32 Å². The van der Waals surface area contributed by atoms with E-state index in [-0.39, 0.29) is 43.2 Å². The molecule has 144 valence electrons. The SMILES string of the molecule is Cc1ccc(C(=O)CCC(=O)CCC(=O)NCc2ccc(N(C)C)cc2)s1. The maximum absolute atomic E-state index is 12.0. The third-order valence-corrected chi connectivity index (χ3v) is 5.26. The van der Waals surface area contributed by atoms with Gasteiger partial charge in [-0.15, -0.1) is 11.3 Å². The number of hydrogen-bond acceptors (Lipinski definition) is 5. The molecule has 5 nitrogen and oxygen atoms in total. The third kappa shape index (κ3) is 6.98.